The molecular formula is C24H27N. The summed E-state index contributed by atoms with van der Waals surface area (Å²) in [6.07, 6.45) is 0. The summed E-state index contributed by atoms with van der Waals surface area (Å²) in [5.41, 5.74) is 8.30. The molecule has 1 heteroatoms. The molecule has 0 saturated carbocycles. The van der Waals surface area contributed by atoms with Gasteiger partial charge in [0.25, 0.3) is 0 Å². The molecule has 25 heavy (non-hydrogen) atoms. The maximum absolute atomic E-state index is 2.37. The molecular weight excluding hydrogens is 302 g/mol. The van der Waals surface area contributed by atoms with Crippen LogP contribution in [0, 0.1) is 0 Å². The van der Waals surface area contributed by atoms with Gasteiger partial charge >= 0.3 is 0 Å². The van der Waals surface area contributed by atoms with Crippen LogP contribution in [0.5, 0.6) is 0 Å². The van der Waals surface area contributed by atoms with E-state index in [4.69, 9.17) is 0 Å². The van der Waals surface area contributed by atoms with Crippen LogP contribution in [-0.4, -0.2) is 7.05 Å². The summed E-state index contributed by atoms with van der Waals surface area (Å²) in [6.45, 7) is 11.4. The lowest BCUT2D eigenvalue weighted by Crippen LogP contribution is -2.18. The smallest absolute Gasteiger partial charge is 0.0494 e. The normalized spacial score (nSPS) is 13.5. The topological polar surface area (TPSA) is 3.24 Å². The molecule has 0 bridgehead atoms. The molecule has 0 spiro atoms. The van der Waals surface area contributed by atoms with Crippen LogP contribution in [0.1, 0.15) is 51.7 Å². The Morgan fingerprint density at radius 2 is 1.60 bits per heavy atom. The fourth-order valence-corrected chi connectivity index (χ4v) is 4.05. The van der Waals surface area contributed by atoms with Gasteiger partial charge in [-0.3, -0.25) is 0 Å². The van der Waals surface area contributed by atoms with E-state index in [-0.39, 0.29) is 5.41 Å². The highest BCUT2D eigenvalue weighted by atomic mass is 15.1. The lowest BCUT2D eigenvalue weighted by atomic mass is 9.83. The molecule has 1 aliphatic rings. The second kappa shape index (κ2) is 5.36. The van der Waals surface area contributed by atoms with Crippen LogP contribution in [-0.2, 0) is 5.41 Å². The zero-order valence-corrected chi connectivity index (χ0v) is 16.1. The van der Waals surface area contributed by atoms with Gasteiger partial charge in [-0.2, -0.15) is 0 Å². The van der Waals surface area contributed by atoms with Gasteiger partial charge in [-0.15, -0.1) is 0 Å². The van der Waals surface area contributed by atoms with E-state index in [2.05, 4.69) is 95.1 Å². The van der Waals surface area contributed by atoms with Gasteiger partial charge in [-0.1, -0.05) is 71.0 Å². The van der Waals surface area contributed by atoms with Crippen molar-refractivity contribution in [1.29, 1.82) is 0 Å². The first-order valence-electron chi connectivity index (χ1n) is 9.23. The first-order chi connectivity index (χ1) is 11.8. The highest BCUT2D eigenvalue weighted by Gasteiger charge is 2.25. The van der Waals surface area contributed by atoms with E-state index in [0.29, 0.717) is 5.92 Å². The van der Waals surface area contributed by atoms with Gasteiger partial charge in [-0.25, -0.2) is 0 Å². The molecule has 0 radical (unpaired) electrons. The van der Waals surface area contributed by atoms with Crippen molar-refractivity contribution < 1.29 is 0 Å². The van der Waals surface area contributed by atoms with Gasteiger partial charge < -0.3 is 4.90 Å². The van der Waals surface area contributed by atoms with Gasteiger partial charge in [0, 0.05) is 29.4 Å². The zero-order valence-electron chi connectivity index (χ0n) is 16.1. The van der Waals surface area contributed by atoms with Crippen LogP contribution in [0.25, 0.3) is 21.9 Å². The fourth-order valence-electron chi connectivity index (χ4n) is 4.05. The lowest BCUT2D eigenvalue weighted by molar-refractivity contribution is 0.590. The Bertz CT molecular complexity index is 973. The molecule has 0 fully saturated rings. The molecule has 0 saturated heterocycles. The number of hydrogen-bond acceptors (Lipinski definition) is 1. The van der Waals surface area contributed by atoms with Gasteiger partial charge in [0.1, 0.15) is 0 Å². The molecule has 4 rings (SSSR count). The minimum Gasteiger partial charge on any atom is -0.344 e. The third kappa shape index (κ3) is 2.37. The predicted molar refractivity (Wildman–Crippen MR) is 110 cm³/mol. The predicted octanol–water partition coefficient (Wildman–Crippen LogP) is 7.01. The molecule has 0 unspecified atom stereocenters. The van der Waals surface area contributed by atoms with Gasteiger partial charge in [0.15, 0.2) is 0 Å². The highest BCUT2D eigenvalue weighted by molar-refractivity contribution is 6.12. The van der Waals surface area contributed by atoms with Crippen LogP contribution in [0.3, 0.4) is 0 Å². The van der Waals surface area contributed by atoms with Crippen molar-refractivity contribution in [1.82, 2.24) is 0 Å². The van der Waals surface area contributed by atoms with Crippen LogP contribution in [0.15, 0.2) is 48.5 Å². The van der Waals surface area contributed by atoms with Crippen molar-refractivity contribution in [3.8, 4) is 11.1 Å². The van der Waals surface area contributed by atoms with E-state index in [9.17, 15) is 0 Å². The summed E-state index contributed by atoms with van der Waals surface area (Å²) in [5, 5.41) is 2.79. The molecule has 3 aromatic carbocycles. The maximum atomic E-state index is 2.37. The molecule has 1 heterocycles. The molecule has 0 atom stereocenters. The van der Waals surface area contributed by atoms with Crippen LogP contribution < -0.4 is 4.90 Å². The van der Waals surface area contributed by atoms with Crippen LogP contribution in [0.2, 0.25) is 0 Å². The third-order valence-electron chi connectivity index (χ3n) is 5.55. The summed E-state index contributed by atoms with van der Waals surface area (Å²) >= 11 is 0. The second-order valence-electron chi connectivity index (χ2n) is 8.60. The van der Waals surface area contributed by atoms with Crippen molar-refractivity contribution in [3.63, 3.8) is 0 Å². The van der Waals surface area contributed by atoms with E-state index >= 15 is 0 Å². The van der Waals surface area contributed by atoms with Crippen molar-refractivity contribution in [3.05, 3.63) is 59.7 Å². The molecule has 1 aliphatic heterocycles. The lowest BCUT2D eigenvalue weighted by Gasteiger charge is -2.33. The average molecular weight is 329 g/mol. The minimum atomic E-state index is 0.156. The van der Waals surface area contributed by atoms with Gasteiger partial charge in [0.05, 0.1) is 0 Å². The average Bonchev–Trinajstić information content (AvgIpc) is 2.57. The van der Waals surface area contributed by atoms with Gasteiger partial charge in [-0.05, 0) is 45.5 Å². The SMILES string of the molecule is CC(C)c1ccc2c3c(cccc13)-c1ccc(C(C)(C)C)cc1N2C. The van der Waals surface area contributed by atoms with E-state index in [1.807, 2.05) is 0 Å². The summed E-state index contributed by atoms with van der Waals surface area (Å²) in [5.74, 6) is 0.527. The molecule has 1 nitrogen and oxygen atoms in total. The highest BCUT2D eigenvalue weighted by Crippen LogP contribution is 2.49. The molecule has 0 amide bonds. The van der Waals surface area contributed by atoms with Crippen LogP contribution in [0.4, 0.5) is 11.4 Å². The van der Waals surface area contributed by atoms with Crippen molar-refractivity contribution in [2.75, 3.05) is 11.9 Å². The third-order valence-corrected chi connectivity index (χ3v) is 5.55. The largest absolute Gasteiger partial charge is 0.344 e. The zero-order chi connectivity index (χ0) is 17.9. The molecule has 0 aliphatic carbocycles. The Morgan fingerprint density at radius 3 is 2.28 bits per heavy atom. The van der Waals surface area contributed by atoms with Crippen molar-refractivity contribution in [2.45, 2.75) is 46.0 Å². The quantitative estimate of drug-likeness (QED) is 0.464. The maximum Gasteiger partial charge on any atom is 0.0494 e. The van der Waals surface area contributed by atoms with Crippen molar-refractivity contribution >= 4 is 22.1 Å². The second-order valence-corrected chi connectivity index (χ2v) is 8.60. The fraction of sp³-hybridized carbons (Fsp3) is 0.333. The van der Waals surface area contributed by atoms with E-state index in [1.165, 1.54) is 44.4 Å². The Labute approximate surface area is 151 Å². The molecule has 128 valence electrons. The number of benzene rings is 3. The molecule has 0 N–H and O–H groups in total. The Morgan fingerprint density at radius 1 is 0.840 bits per heavy atom. The Hall–Kier alpha value is -2.28. The minimum absolute atomic E-state index is 0.156. The van der Waals surface area contributed by atoms with Crippen molar-refractivity contribution in [2.24, 2.45) is 0 Å². The van der Waals surface area contributed by atoms with E-state index in [0.717, 1.165) is 0 Å². The first kappa shape index (κ1) is 16.2. The summed E-state index contributed by atoms with van der Waals surface area (Å²) in [4.78, 5) is 2.37. The monoisotopic (exact) mass is 329 g/mol. The van der Waals surface area contributed by atoms with E-state index < -0.39 is 0 Å². The number of nitrogens with zero attached hydrogens (tertiary/aromatic N) is 1. The van der Waals surface area contributed by atoms with Crippen LogP contribution >= 0.6 is 0 Å². The number of rotatable bonds is 1. The number of anilines is 2. The number of hydrogen-bond donors (Lipinski definition) is 0. The summed E-state index contributed by atoms with van der Waals surface area (Å²) in [6, 6.07) is 18.3. The summed E-state index contributed by atoms with van der Waals surface area (Å²) in [7, 11) is 2.20. The standard InChI is InChI=1S/C24H27N/c1-15(2)17-12-13-21-23-19(17)8-7-9-20(23)18-11-10-16(24(3,4)5)14-22(18)25(21)6/h7-15H,1-6H3. The first-order valence-corrected chi connectivity index (χ1v) is 9.23. The van der Waals surface area contributed by atoms with Gasteiger partial charge in [0.2, 0.25) is 0 Å². The number of fused-ring (bicyclic) bond motifs is 2. The summed E-state index contributed by atoms with van der Waals surface area (Å²) < 4.78 is 0. The Balaban J connectivity index is 2.06. The molecule has 3 aromatic rings. The van der Waals surface area contributed by atoms with E-state index in [1.54, 1.807) is 0 Å². The molecule has 0 aromatic heterocycles. The Kier molecular flexibility index (Phi) is 3.47.